The number of hydrogen-bond acceptors (Lipinski definition) is 7. The molecule has 2 rings (SSSR count). The molecule has 218 valence electrons. The molecule has 0 fully saturated rings. The number of ether oxygens (including phenoxy) is 5. The molecule has 0 saturated carbocycles. The lowest BCUT2D eigenvalue weighted by Crippen LogP contribution is -2.22. The van der Waals surface area contributed by atoms with E-state index in [9.17, 15) is 9.59 Å². The van der Waals surface area contributed by atoms with Crippen LogP contribution in [0.3, 0.4) is 0 Å². The minimum absolute atomic E-state index is 0.0359. The summed E-state index contributed by atoms with van der Waals surface area (Å²) in [7, 11) is 0. The predicted octanol–water partition coefficient (Wildman–Crippen LogP) is 8.20. The van der Waals surface area contributed by atoms with Crippen LogP contribution in [0.5, 0.6) is 11.5 Å². The quantitative estimate of drug-likeness (QED) is 0.0842. The minimum Gasteiger partial charge on any atom is -0.487 e. The first-order chi connectivity index (χ1) is 18.6. The topological polar surface area (TPSA) is 80.3 Å². The maximum Gasteiger partial charge on any atom is 0.333 e. The fourth-order valence-electron chi connectivity index (χ4n) is 3.33. The number of esters is 2. The van der Waals surface area contributed by atoms with Gasteiger partial charge in [0.15, 0.2) is 17.8 Å². The number of benzene rings is 2. The van der Waals surface area contributed by atoms with Gasteiger partial charge in [-0.3, -0.25) is 0 Å². The Morgan fingerprint density at radius 3 is 1.75 bits per heavy atom. The highest BCUT2D eigenvalue weighted by Gasteiger charge is 2.28. The number of carbonyl (C=O) groups excluding carboxylic acids is 2. The lowest BCUT2D eigenvalue weighted by molar-refractivity contribution is -0.144. The fraction of sp³-hybridized carbons (Fsp3) is 0.379. The highest BCUT2D eigenvalue weighted by Crippen LogP contribution is 2.44. The Balaban J connectivity index is 2.11. The van der Waals surface area contributed by atoms with Crippen molar-refractivity contribution in [3.63, 3.8) is 0 Å². The summed E-state index contributed by atoms with van der Waals surface area (Å²) in [5.74, 6) is -0.0932. The third-order valence-corrected chi connectivity index (χ3v) is 7.39. The summed E-state index contributed by atoms with van der Waals surface area (Å²) >= 11 is 20.3. The fourth-order valence-corrected chi connectivity index (χ4v) is 5.30. The highest BCUT2D eigenvalue weighted by atomic mass is 79.9. The van der Waals surface area contributed by atoms with E-state index in [0.717, 1.165) is 11.1 Å². The molecule has 0 heterocycles. The van der Waals surface area contributed by atoms with Crippen molar-refractivity contribution in [2.45, 2.75) is 46.3 Å². The second kappa shape index (κ2) is 15.3. The maximum atomic E-state index is 11.5. The summed E-state index contributed by atoms with van der Waals surface area (Å²) in [6.45, 7) is 16.4. The van der Waals surface area contributed by atoms with E-state index in [-0.39, 0.29) is 26.4 Å². The second-order valence-electron chi connectivity index (χ2n) is 9.40. The molecule has 1 atom stereocenters. The second-order valence-corrected chi connectivity index (χ2v) is 11.9. The normalized spacial score (nSPS) is 11.9. The van der Waals surface area contributed by atoms with Crippen molar-refractivity contribution in [2.24, 2.45) is 0 Å². The Hall–Kier alpha value is -2.04. The van der Waals surface area contributed by atoms with E-state index in [0.29, 0.717) is 41.6 Å². The Morgan fingerprint density at radius 1 is 0.825 bits per heavy atom. The summed E-state index contributed by atoms with van der Waals surface area (Å²) in [5.41, 5.74) is 1.93. The van der Waals surface area contributed by atoms with Gasteiger partial charge in [0.2, 0.25) is 0 Å². The van der Waals surface area contributed by atoms with Crippen LogP contribution < -0.4 is 9.47 Å². The minimum atomic E-state index is -0.607. The zero-order valence-electron chi connectivity index (χ0n) is 23.0. The van der Waals surface area contributed by atoms with Crippen molar-refractivity contribution in [2.75, 3.05) is 26.4 Å². The largest absolute Gasteiger partial charge is 0.487 e. The monoisotopic (exact) mass is 720 g/mol. The molecular formula is C29H32Br2Cl2O7. The first kappa shape index (κ1) is 34.2. The first-order valence-electron chi connectivity index (χ1n) is 12.2. The molecule has 0 aromatic heterocycles. The molecule has 0 N–H and O–H groups in total. The molecule has 0 amide bonds. The van der Waals surface area contributed by atoms with E-state index < -0.39 is 23.6 Å². The van der Waals surface area contributed by atoms with Crippen molar-refractivity contribution in [1.82, 2.24) is 0 Å². The molecule has 40 heavy (non-hydrogen) atoms. The maximum absolute atomic E-state index is 11.5. The van der Waals surface area contributed by atoms with Gasteiger partial charge < -0.3 is 23.7 Å². The van der Waals surface area contributed by atoms with E-state index in [1.54, 1.807) is 32.9 Å². The number of hydrogen-bond donors (Lipinski definition) is 0. The average molecular weight is 723 g/mol. The van der Waals surface area contributed by atoms with Gasteiger partial charge in [-0.05, 0) is 88.0 Å². The summed E-state index contributed by atoms with van der Waals surface area (Å²) < 4.78 is 28.7. The van der Waals surface area contributed by atoms with Gasteiger partial charge in [-0.15, -0.1) is 0 Å². The zero-order valence-corrected chi connectivity index (χ0v) is 27.7. The van der Waals surface area contributed by atoms with Crippen LogP contribution in [0.1, 0.15) is 45.7 Å². The van der Waals surface area contributed by atoms with E-state index in [2.05, 4.69) is 45.0 Å². The van der Waals surface area contributed by atoms with Gasteiger partial charge in [-0.1, -0.05) is 50.2 Å². The molecule has 7 nitrogen and oxygen atoms in total. The number of rotatable bonds is 14. The number of halogens is 4. The molecule has 0 radical (unpaired) electrons. The van der Waals surface area contributed by atoms with Gasteiger partial charge in [0, 0.05) is 16.6 Å². The Morgan fingerprint density at radius 2 is 1.27 bits per heavy atom. The molecule has 1 unspecified atom stereocenters. The third kappa shape index (κ3) is 9.52. The average Bonchev–Trinajstić information content (AvgIpc) is 2.86. The van der Waals surface area contributed by atoms with Crippen LogP contribution in [-0.4, -0.2) is 44.7 Å². The molecule has 0 spiro atoms. The van der Waals surface area contributed by atoms with E-state index in [1.165, 1.54) is 0 Å². The summed E-state index contributed by atoms with van der Waals surface area (Å²) in [4.78, 5) is 23.0. The van der Waals surface area contributed by atoms with E-state index in [1.807, 2.05) is 26.0 Å². The van der Waals surface area contributed by atoms with Crippen molar-refractivity contribution in [1.29, 1.82) is 0 Å². The van der Waals surface area contributed by atoms with Crippen molar-refractivity contribution in [3.05, 3.63) is 78.7 Å². The Kier molecular flexibility index (Phi) is 13.0. The molecule has 2 aromatic rings. The van der Waals surface area contributed by atoms with Gasteiger partial charge >= 0.3 is 11.9 Å². The molecule has 11 heteroatoms. The van der Waals surface area contributed by atoms with Crippen LogP contribution in [0, 0.1) is 0 Å². The summed E-state index contributed by atoms with van der Waals surface area (Å²) in [6.07, 6.45) is -0.607. The first-order valence-corrected chi connectivity index (χ1v) is 14.5. The summed E-state index contributed by atoms with van der Waals surface area (Å²) in [5, 5.41) is 0.666. The van der Waals surface area contributed by atoms with Crippen molar-refractivity contribution in [3.8, 4) is 11.5 Å². The van der Waals surface area contributed by atoms with Gasteiger partial charge in [-0.2, -0.15) is 0 Å². The van der Waals surface area contributed by atoms with Gasteiger partial charge in [0.25, 0.3) is 0 Å². The van der Waals surface area contributed by atoms with Crippen LogP contribution >= 0.6 is 55.1 Å². The molecule has 0 aliphatic heterocycles. The van der Waals surface area contributed by atoms with Crippen LogP contribution in [0.4, 0.5) is 0 Å². The van der Waals surface area contributed by atoms with Crippen LogP contribution in [0.15, 0.2) is 57.5 Å². The number of carbonyl (C=O) groups is 2. The lowest BCUT2D eigenvalue weighted by atomic mass is 9.78. The Bertz CT molecular complexity index is 1230. The molecular weight excluding hydrogens is 691 g/mol. The highest BCUT2D eigenvalue weighted by molar-refractivity contribution is 9.11. The molecule has 0 aliphatic rings. The standard InChI is InChI=1S/C29H32Br2Cl2O7/c1-16(2)27(34)38-10-8-36-18(5)40-25-21(30)12-19(13-22(25)31)29(6,7)20-14-23(32)26(24(33)15-20)37-9-11-39-28(35)17(3)4/h12-15,18H,1,3,8-11H2,2,4-7H3. The van der Waals surface area contributed by atoms with Crippen LogP contribution in [0.25, 0.3) is 0 Å². The van der Waals surface area contributed by atoms with Gasteiger partial charge in [0.1, 0.15) is 19.8 Å². The smallest absolute Gasteiger partial charge is 0.333 e. The SMILES string of the molecule is C=C(C)C(=O)OCCOc1c(Cl)cc(C(C)(C)c2cc(Br)c(OC(C)OCCOC(=O)C(=C)C)c(Br)c2)cc1Cl. The van der Waals surface area contributed by atoms with E-state index in [4.69, 9.17) is 46.9 Å². The molecule has 0 aliphatic carbocycles. The molecule has 0 bridgehead atoms. The van der Waals surface area contributed by atoms with Crippen LogP contribution in [0.2, 0.25) is 10.0 Å². The van der Waals surface area contributed by atoms with Crippen molar-refractivity contribution < 1.29 is 33.3 Å². The predicted molar refractivity (Wildman–Crippen MR) is 164 cm³/mol. The molecule has 0 saturated heterocycles. The molecule has 2 aromatic carbocycles. The van der Waals surface area contributed by atoms with Gasteiger partial charge in [-0.25, -0.2) is 9.59 Å². The van der Waals surface area contributed by atoms with Crippen molar-refractivity contribution >= 4 is 67.0 Å². The third-order valence-electron chi connectivity index (χ3n) is 5.65. The Labute approximate surface area is 262 Å². The lowest BCUT2D eigenvalue weighted by Gasteiger charge is -2.28. The van der Waals surface area contributed by atoms with Gasteiger partial charge in [0.05, 0.1) is 25.6 Å². The van der Waals surface area contributed by atoms with E-state index >= 15 is 0 Å². The summed E-state index contributed by atoms with van der Waals surface area (Å²) in [6, 6.07) is 7.49. The zero-order chi connectivity index (χ0) is 30.2. The van der Waals surface area contributed by atoms with Crippen LogP contribution in [-0.2, 0) is 29.2 Å².